The lowest BCUT2D eigenvalue weighted by atomic mass is 10.00. The first-order valence-corrected chi connectivity index (χ1v) is 8.35. The Labute approximate surface area is 142 Å². The smallest absolute Gasteiger partial charge is 0.225 e. The molecule has 2 aromatic carbocycles. The van der Waals surface area contributed by atoms with Crippen LogP contribution in [-0.2, 0) is 17.8 Å². The van der Waals surface area contributed by atoms with Gasteiger partial charge in [0.1, 0.15) is 0 Å². The number of nitrogens with zero attached hydrogens (tertiary/aromatic N) is 1. The number of anilines is 1. The summed E-state index contributed by atoms with van der Waals surface area (Å²) in [7, 11) is 0. The standard InChI is InChI=1S/C19H21ClN2O/c1-14-12-17(20)6-7-18(14)21-19(23)9-11-22-10-8-15-4-2-3-5-16(15)13-22/h2-7,12H,8-11,13H2,1H3,(H,21,23). The zero-order chi connectivity index (χ0) is 16.2. The van der Waals surface area contributed by atoms with E-state index in [2.05, 4.69) is 34.5 Å². The summed E-state index contributed by atoms with van der Waals surface area (Å²) in [4.78, 5) is 14.5. The lowest BCUT2D eigenvalue weighted by molar-refractivity contribution is -0.116. The number of aryl methyl sites for hydroxylation is 1. The Kier molecular flexibility index (Phi) is 4.99. The van der Waals surface area contributed by atoms with Crippen LogP contribution in [0.15, 0.2) is 42.5 Å². The summed E-state index contributed by atoms with van der Waals surface area (Å²) in [6, 6.07) is 14.1. The molecule has 1 heterocycles. The van der Waals surface area contributed by atoms with Crippen LogP contribution in [-0.4, -0.2) is 23.9 Å². The van der Waals surface area contributed by atoms with Crippen LogP contribution in [0.5, 0.6) is 0 Å². The van der Waals surface area contributed by atoms with Crippen LogP contribution in [0.3, 0.4) is 0 Å². The molecule has 23 heavy (non-hydrogen) atoms. The van der Waals surface area contributed by atoms with E-state index in [0.29, 0.717) is 11.4 Å². The van der Waals surface area contributed by atoms with Crippen LogP contribution in [0, 0.1) is 6.92 Å². The monoisotopic (exact) mass is 328 g/mol. The van der Waals surface area contributed by atoms with Crippen molar-refractivity contribution in [3.05, 3.63) is 64.2 Å². The minimum absolute atomic E-state index is 0.0503. The first-order valence-electron chi connectivity index (χ1n) is 7.97. The highest BCUT2D eigenvalue weighted by Gasteiger charge is 2.16. The second kappa shape index (κ2) is 7.16. The molecule has 2 aromatic rings. The molecule has 3 rings (SSSR count). The number of carbonyl (C=O) groups is 1. The van der Waals surface area contributed by atoms with E-state index in [-0.39, 0.29) is 5.91 Å². The van der Waals surface area contributed by atoms with Gasteiger partial charge in [-0.3, -0.25) is 9.69 Å². The van der Waals surface area contributed by atoms with Crippen molar-refractivity contribution >= 4 is 23.2 Å². The van der Waals surface area contributed by atoms with Gasteiger partial charge in [-0.25, -0.2) is 0 Å². The summed E-state index contributed by atoms with van der Waals surface area (Å²) >= 11 is 5.94. The third-order valence-corrected chi connectivity index (χ3v) is 4.56. The molecule has 1 aliphatic rings. The lowest BCUT2D eigenvalue weighted by Crippen LogP contribution is -2.33. The summed E-state index contributed by atoms with van der Waals surface area (Å²) in [5.74, 6) is 0.0503. The van der Waals surface area contributed by atoms with Gasteiger partial charge in [0.2, 0.25) is 5.91 Å². The first kappa shape index (κ1) is 16.0. The molecule has 1 N–H and O–H groups in total. The highest BCUT2D eigenvalue weighted by Crippen LogP contribution is 2.21. The van der Waals surface area contributed by atoms with Crippen molar-refractivity contribution in [3.63, 3.8) is 0 Å². The SMILES string of the molecule is Cc1cc(Cl)ccc1NC(=O)CCN1CCc2ccccc2C1. The van der Waals surface area contributed by atoms with E-state index in [9.17, 15) is 4.79 Å². The van der Waals surface area contributed by atoms with Gasteiger partial charge < -0.3 is 5.32 Å². The Hall–Kier alpha value is -1.84. The molecule has 0 unspecified atom stereocenters. The normalized spacial score (nSPS) is 14.3. The van der Waals surface area contributed by atoms with Gasteiger partial charge in [0.15, 0.2) is 0 Å². The van der Waals surface area contributed by atoms with Crippen molar-refractivity contribution in [2.24, 2.45) is 0 Å². The fourth-order valence-electron chi connectivity index (χ4n) is 2.98. The van der Waals surface area contributed by atoms with Crippen LogP contribution in [0.2, 0.25) is 5.02 Å². The molecular weight excluding hydrogens is 308 g/mol. The Morgan fingerprint density at radius 2 is 2.00 bits per heavy atom. The number of fused-ring (bicyclic) bond motifs is 1. The molecular formula is C19H21ClN2O. The molecule has 0 aromatic heterocycles. The van der Waals surface area contributed by atoms with Crippen LogP contribution < -0.4 is 5.32 Å². The van der Waals surface area contributed by atoms with Crippen LogP contribution >= 0.6 is 11.6 Å². The fraction of sp³-hybridized carbons (Fsp3) is 0.316. The molecule has 0 bridgehead atoms. The summed E-state index contributed by atoms with van der Waals surface area (Å²) in [5.41, 5.74) is 4.64. The summed E-state index contributed by atoms with van der Waals surface area (Å²) in [6.07, 6.45) is 1.57. The lowest BCUT2D eigenvalue weighted by Gasteiger charge is -2.28. The number of halogens is 1. The quantitative estimate of drug-likeness (QED) is 0.918. The van der Waals surface area contributed by atoms with Gasteiger partial charge in [0.05, 0.1) is 0 Å². The average Bonchev–Trinajstić information content (AvgIpc) is 2.55. The maximum atomic E-state index is 12.2. The predicted octanol–water partition coefficient (Wildman–Crippen LogP) is 4.04. The van der Waals surface area contributed by atoms with Crippen molar-refractivity contribution in [1.82, 2.24) is 4.90 Å². The van der Waals surface area contributed by atoms with E-state index in [1.54, 1.807) is 6.07 Å². The van der Waals surface area contributed by atoms with Crippen molar-refractivity contribution in [2.75, 3.05) is 18.4 Å². The third kappa shape index (κ3) is 4.12. The van der Waals surface area contributed by atoms with Gasteiger partial charge in [-0.05, 0) is 48.2 Å². The van der Waals surface area contributed by atoms with Crippen LogP contribution in [0.4, 0.5) is 5.69 Å². The van der Waals surface area contributed by atoms with E-state index in [1.807, 2.05) is 19.1 Å². The zero-order valence-electron chi connectivity index (χ0n) is 13.3. The molecule has 4 heteroatoms. The molecule has 0 radical (unpaired) electrons. The summed E-state index contributed by atoms with van der Waals surface area (Å²) < 4.78 is 0. The molecule has 1 aliphatic heterocycles. The second-order valence-electron chi connectivity index (χ2n) is 6.05. The molecule has 0 atom stereocenters. The van der Waals surface area contributed by atoms with Crippen molar-refractivity contribution in [1.29, 1.82) is 0 Å². The fourth-order valence-corrected chi connectivity index (χ4v) is 3.21. The molecule has 3 nitrogen and oxygen atoms in total. The minimum Gasteiger partial charge on any atom is -0.326 e. The van der Waals surface area contributed by atoms with Gasteiger partial charge >= 0.3 is 0 Å². The number of amides is 1. The topological polar surface area (TPSA) is 32.3 Å². The van der Waals surface area contributed by atoms with E-state index in [4.69, 9.17) is 11.6 Å². The Morgan fingerprint density at radius 1 is 1.22 bits per heavy atom. The van der Waals surface area contributed by atoms with Gasteiger partial charge in [0.25, 0.3) is 0 Å². The summed E-state index contributed by atoms with van der Waals surface area (Å²) in [5, 5.41) is 3.66. The largest absolute Gasteiger partial charge is 0.326 e. The summed E-state index contributed by atoms with van der Waals surface area (Å²) in [6.45, 7) is 4.68. The molecule has 1 amide bonds. The highest BCUT2D eigenvalue weighted by atomic mass is 35.5. The van der Waals surface area contributed by atoms with E-state index in [0.717, 1.165) is 37.3 Å². The Bertz CT molecular complexity index is 714. The van der Waals surface area contributed by atoms with Crippen molar-refractivity contribution < 1.29 is 4.79 Å². The Morgan fingerprint density at radius 3 is 2.78 bits per heavy atom. The number of carbonyl (C=O) groups excluding carboxylic acids is 1. The van der Waals surface area contributed by atoms with Crippen LogP contribution in [0.25, 0.3) is 0 Å². The maximum Gasteiger partial charge on any atom is 0.225 e. The number of hydrogen-bond donors (Lipinski definition) is 1. The van der Waals surface area contributed by atoms with Crippen molar-refractivity contribution in [2.45, 2.75) is 26.3 Å². The third-order valence-electron chi connectivity index (χ3n) is 4.33. The van der Waals surface area contributed by atoms with E-state index < -0.39 is 0 Å². The zero-order valence-corrected chi connectivity index (χ0v) is 14.1. The molecule has 120 valence electrons. The Balaban J connectivity index is 1.52. The average molecular weight is 329 g/mol. The first-order chi connectivity index (χ1) is 11.1. The highest BCUT2D eigenvalue weighted by molar-refractivity contribution is 6.30. The molecule has 0 spiro atoms. The van der Waals surface area contributed by atoms with Gasteiger partial charge in [-0.2, -0.15) is 0 Å². The number of hydrogen-bond acceptors (Lipinski definition) is 2. The number of rotatable bonds is 4. The minimum atomic E-state index is 0.0503. The maximum absolute atomic E-state index is 12.2. The van der Waals surface area contributed by atoms with Crippen LogP contribution in [0.1, 0.15) is 23.1 Å². The predicted molar refractivity (Wildman–Crippen MR) is 94.9 cm³/mol. The number of nitrogens with one attached hydrogen (secondary N) is 1. The van der Waals surface area contributed by atoms with Gasteiger partial charge in [-0.15, -0.1) is 0 Å². The molecule has 0 saturated carbocycles. The van der Waals surface area contributed by atoms with Gasteiger partial charge in [-0.1, -0.05) is 35.9 Å². The molecule has 0 saturated heterocycles. The molecule has 0 fully saturated rings. The number of benzene rings is 2. The van der Waals surface area contributed by atoms with E-state index >= 15 is 0 Å². The van der Waals surface area contributed by atoms with Gasteiger partial charge in [0, 0.05) is 36.8 Å². The van der Waals surface area contributed by atoms with Crippen molar-refractivity contribution in [3.8, 4) is 0 Å². The van der Waals surface area contributed by atoms with E-state index in [1.165, 1.54) is 11.1 Å². The molecule has 0 aliphatic carbocycles. The second-order valence-corrected chi connectivity index (χ2v) is 6.49.